The van der Waals surface area contributed by atoms with Crippen LogP contribution >= 0.6 is 11.8 Å². The Morgan fingerprint density at radius 2 is 1.84 bits per heavy atom. The molecule has 0 spiro atoms. The average Bonchev–Trinajstić information content (AvgIpc) is 2.95. The number of aliphatic imine (C=N–C) groups is 1. The molecule has 0 unspecified atom stereocenters. The van der Waals surface area contributed by atoms with E-state index in [0.717, 1.165) is 5.75 Å². The molecule has 2 aromatic carbocycles. The van der Waals surface area contributed by atoms with E-state index >= 15 is 0 Å². The van der Waals surface area contributed by atoms with Crippen LogP contribution in [0.3, 0.4) is 0 Å². The third-order valence-corrected chi connectivity index (χ3v) is 4.27. The molecule has 8 heteroatoms. The summed E-state index contributed by atoms with van der Waals surface area (Å²) in [6, 6.07) is 13.1. The van der Waals surface area contributed by atoms with Crippen molar-refractivity contribution in [2.45, 2.75) is 0 Å². The number of nitrogens with zero attached hydrogens (tertiary/aromatic N) is 2. The Bertz CT molecular complexity index is 874. The van der Waals surface area contributed by atoms with Crippen LogP contribution in [-0.2, 0) is 4.79 Å². The maximum absolute atomic E-state index is 12.0. The molecule has 3 rings (SSSR count). The number of benzene rings is 2. The van der Waals surface area contributed by atoms with Crippen molar-refractivity contribution in [3.05, 3.63) is 69.1 Å². The molecule has 1 aliphatic rings. The Kier molecular flexibility index (Phi) is 4.80. The van der Waals surface area contributed by atoms with Crippen molar-refractivity contribution >= 4 is 40.3 Å². The van der Waals surface area contributed by atoms with Gasteiger partial charge in [-0.3, -0.25) is 14.9 Å². The molecule has 0 aliphatic carbocycles. The summed E-state index contributed by atoms with van der Waals surface area (Å²) in [7, 11) is 1.59. The lowest BCUT2D eigenvalue weighted by molar-refractivity contribution is -0.384. The van der Waals surface area contributed by atoms with Gasteiger partial charge >= 0.3 is 0 Å². The summed E-state index contributed by atoms with van der Waals surface area (Å²) in [5.74, 6) is 0.474. The molecular weight excluding hydrogens is 342 g/mol. The number of thioether (sulfide) groups is 1. The summed E-state index contributed by atoms with van der Waals surface area (Å²) in [4.78, 5) is 27.1. The number of nitrogens with one attached hydrogen (secondary N) is 1. The highest BCUT2D eigenvalue weighted by molar-refractivity contribution is 8.18. The summed E-state index contributed by atoms with van der Waals surface area (Å²) in [6.07, 6.45) is 1.67. The van der Waals surface area contributed by atoms with E-state index in [2.05, 4.69) is 10.3 Å². The second-order valence-corrected chi connectivity index (χ2v) is 6.06. The Morgan fingerprint density at radius 3 is 2.44 bits per heavy atom. The Hall–Kier alpha value is -3.13. The largest absolute Gasteiger partial charge is 0.497 e. The van der Waals surface area contributed by atoms with E-state index in [4.69, 9.17) is 4.74 Å². The van der Waals surface area contributed by atoms with E-state index in [0.29, 0.717) is 21.3 Å². The second-order valence-electron chi connectivity index (χ2n) is 5.03. The minimum absolute atomic E-state index is 0.00688. The number of carbonyl (C=O) groups is 1. The predicted octanol–water partition coefficient (Wildman–Crippen LogP) is 3.50. The van der Waals surface area contributed by atoms with Crippen molar-refractivity contribution in [2.24, 2.45) is 4.99 Å². The number of rotatable bonds is 4. The van der Waals surface area contributed by atoms with Crippen LogP contribution in [0.1, 0.15) is 5.56 Å². The first-order valence-electron chi connectivity index (χ1n) is 7.23. The van der Waals surface area contributed by atoms with E-state index in [1.165, 1.54) is 23.9 Å². The van der Waals surface area contributed by atoms with Gasteiger partial charge in [0.05, 0.1) is 22.6 Å². The number of carbonyl (C=O) groups excluding carboxylic acids is 1. The minimum atomic E-state index is -0.465. The first-order valence-corrected chi connectivity index (χ1v) is 8.05. The molecule has 0 atom stereocenters. The third kappa shape index (κ3) is 4.04. The number of nitro benzene ring substituents is 1. The highest BCUT2D eigenvalue weighted by atomic mass is 32.2. The Morgan fingerprint density at radius 1 is 1.16 bits per heavy atom. The molecule has 1 fully saturated rings. The molecule has 7 nitrogen and oxygen atoms in total. The highest BCUT2D eigenvalue weighted by Gasteiger charge is 2.23. The molecule has 1 aliphatic heterocycles. The fourth-order valence-electron chi connectivity index (χ4n) is 2.10. The number of amides is 1. The first kappa shape index (κ1) is 16.7. The smallest absolute Gasteiger partial charge is 0.269 e. The molecule has 25 heavy (non-hydrogen) atoms. The van der Waals surface area contributed by atoms with Crippen LogP contribution in [0.2, 0.25) is 0 Å². The zero-order valence-electron chi connectivity index (χ0n) is 13.1. The van der Waals surface area contributed by atoms with Crippen LogP contribution in [0.25, 0.3) is 6.08 Å². The van der Waals surface area contributed by atoms with Gasteiger partial charge in [0.15, 0.2) is 5.17 Å². The summed E-state index contributed by atoms with van der Waals surface area (Å²) in [5.41, 5.74) is 1.40. The Labute approximate surface area is 147 Å². The molecule has 126 valence electrons. The Balaban J connectivity index is 1.77. The van der Waals surface area contributed by atoms with Crippen molar-refractivity contribution in [2.75, 3.05) is 7.11 Å². The van der Waals surface area contributed by atoms with Gasteiger partial charge in [-0.05, 0) is 59.8 Å². The fraction of sp³-hybridized carbons (Fsp3) is 0.0588. The van der Waals surface area contributed by atoms with Gasteiger partial charge in [0.1, 0.15) is 5.75 Å². The van der Waals surface area contributed by atoms with Gasteiger partial charge in [0.2, 0.25) is 0 Å². The second kappa shape index (κ2) is 7.18. The van der Waals surface area contributed by atoms with Crippen LogP contribution in [0, 0.1) is 10.1 Å². The van der Waals surface area contributed by atoms with Crippen molar-refractivity contribution < 1.29 is 14.5 Å². The lowest BCUT2D eigenvalue weighted by Gasteiger charge is -1.99. The maximum Gasteiger partial charge on any atom is 0.269 e. The summed E-state index contributed by atoms with van der Waals surface area (Å²) in [5, 5.41) is 13.8. The molecule has 0 bridgehead atoms. The van der Waals surface area contributed by atoms with Crippen LogP contribution in [-0.4, -0.2) is 23.1 Å². The lowest BCUT2D eigenvalue weighted by atomic mass is 10.2. The average molecular weight is 355 g/mol. The van der Waals surface area contributed by atoms with Gasteiger partial charge in [-0.25, -0.2) is 4.99 Å². The zero-order valence-corrected chi connectivity index (χ0v) is 13.9. The monoisotopic (exact) mass is 355 g/mol. The number of hydrogen-bond donors (Lipinski definition) is 1. The van der Waals surface area contributed by atoms with Crippen molar-refractivity contribution in [3.8, 4) is 5.75 Å². The zero-order chi connectivity index (χ0) is 17.8. The van der Waals surface area contributed by atoms with Gasteiger partial charge in [0, 0.05) is 12.1 Å². The number of amidine groups is 1. The van der Waals surface area contributed by atoms with Crippen molar-refractivity contribution in [1.29, 1.82) is 0 Å². The quantitative estimate of drug-likeness (QED) is 0.515. The van der Waals surface area contributed by atoms with E-state index in [1.54, 1.807) is 49.6 Å². The number of nitro groups is 1. The van der Waals surface area contributed by atoms with Gasteiger partial charge in [-0.2, -0.15) is 0 Å². The maximum atomic E-state index is 12.0. The summed E-state index contributed by atoms with van der Waals surface area (Å²) < 4.78 is 5.09. The van der Waals surface area contributed by atoms with Crippen molar-refractivity contribution in [1.82, 2.24) is 5.32 Å². The molecule has 0 aromatic heterocycles. The molecule has 0 saturated carbocycles. The summed E-state index contributed by atoms with van der Waals surface area (Å²) >= 11 is 1.21. The normalized spacial score (nSPS) is 16.9. The van der Waals surface area contributed by atoms with Crippen LogP contribution in [0.4, 0.5) is 11.4 Å². The number of hydrogen-bond acceptors (Lipinski definition) is 6. The SMILES string of the molecule is COc1ccc(N=C2NC(=O)C(=Cc3ccc([N+](=O)[O-])cc3)S2)cc1. The van der Waals surface area contributed by atoms with E-state index in [9.17, 15) is 14.9 Å². The molecule has 1 heterocycles. The van der Waals surface area contributed by atoms with Crippen LogP contribution < -0.4 is 10.1 Å². The molecular formula is C17H13N3O4S. The first-order chi connectivity index (χ1) is 12.0. The van der Waals surface area contributed by atoms with Crippen LogP contribution in [0.15, 0.2) is 58.4 Å². The molecule has 1 amide bonds. The molecule has 2 aromatic rings. The minimum Gasteiger partial charge on any atom is -0.497 e. The number of ether oxygens (including phenoxy) is 1. The van der Waals surface area contributed by atoms with Gasteiger partial charge in [-0.15, -0.1) is 0 Å². The number of methoxy groups -OCH3 is 1. The van der Waals surface area contributed by atoms with E-state index < -0.39 is 4.92 Å². The molecule has 1 N–H and O–H groups in total. The van der Waals surface area contributed by atoms with Crippen LogP contribution in [0.5, 0.6) is 5.75 Å². The van der Waals surface area contributed by atoms with E-state index in [1.807, 2.05) is 0 Å². The lowest BCUT2D eigenvalue weighted by Crippen LogP contribution is -2.19. The summed E-state index contributed by atoms with van der Waals surface area (Å²) in [6.45, 7) is 0. The van der Waals surface area contributed by atoms with E-state index in [-0.39, 0.29) is 11.6 Å². The van der Waals surface area contributed by atoms with Gasteiger partial charge in [-0.1, -0.05) is 0 Å². The number of non-ortho nitro benzene ring substituents is 1. The third-order valence-electron chi connectivity index (χ3n) is 3.36. The molecule has 0 radical (unpaired) electrons. The predicted molar refractivity (Wildman–Crippen MR) is 96.9 cm³/mol. The fourth-order valence-corrected chi connectivity index (χ4v) is 2.94. The van der Waals surface area contributed by atoms with Crippen molar-refractivity contribution in [3.63, 3.8) is 0 Å². The standard InChI is InChI=1S/C17H13N3O4S/c1-24-14-8-4-12(5-9-14)18-17-19-16(21)15(25-17)10-11-2-6-13(7-3-11)20(22)23/h2-10H,1H3,(H,18,19,21). The van der Waals surface area contributed by atoms with Gasteiger partial charge in [0.25, 0.3) is 11.6 Å². The topological polar surface area (TPSA) is 93.8 Å². The van der Waals surface area contributed by atoms with Gasteiger partial charge < -0.3 is 10.1 Å². The molecule has 1 saturated heterocycles. The highest BCUT2D eigenvalue weighted by Crippen LogP contribution is 2.29.